The summed E-state index contributed by atoms with van der Waals surface area (Å²) in [5, 5.41) is 2.99. The highest BCUT2D eigenvalue weighted by Gasteiger charge is 2.26. The Morgan fingerprint density at radius 1 is 1.59 bits per heavy atom. The maximum atomic E-state index is 12.0. The van der Waals surface area contributed by atoms with Gasteiger partial charge in [0.15, 0.2) is 4.67 Å². The SMILES string of the molecule is CC(C)(C)C(CCCl)NC(=O)c1ccoc1Br. The molecule has 1 amide bonds. The number of amides is 1. The number of carbonyl (C=O) groups is 1. The second-order valence-corrected chi connectivity index (χ2v) is 6.08. The van der Waals surface area contributed by atoms with Crippen LogP contribution < -0.4 is 5.32 Å². The fraction of sp³-hybridized carbons (Fsp3) is 0.583. The van der Waals surface area contributed by atoms with E-state index in [2.05, 4.69) is 42.0 Å². The molecular weight excluding hydrogens is 305 g/mol. The summed E-state index contributed by atoms with van der Waals surface area (Å²) in [7, 11) is 0. The van der Waals surface area contributed by atoms with Crippen LogP contribution in [0.5, 0.6) is 0 Å². The van der Waals surface area contributed by atoms with Crippen LogP contribution >= 0.6 is 27.5 Å². The van der Waals surface area contributed by atoms with Gasteiger partial charge in [0, 0.05) is 11.9 Å². The van der Waals surface area contributed by atoms with E-state index in [0.717, 1.165) is 6.42 Å². The van der Waals surface area contributed by atoms with Gasteiger partial charge in [-0.05, 0) is 33.8 Å². The number of carbonyl (C=O) groups excluding carboxylic acids is 1. The largest absolute Gasteiger partial charge is 0.457 e. The molecule has 3 nitrogen and oxygen atoms in total. The third-order valence-electron chi connectivity index (χ3n) is 2.61. The molecule has 0 aromatic carbocycles. The van der Waals surface area contributed by atoms with Crippen LogP contribution in [0.3, 0.4) is 0 Å². The lowest BCUT2D eigenvalue weighted by molar-refractivity contribution is 0.0898. The van der Waals surface area contributed by atoms with Gasteiger partial charge in [0.1, 0.15) is 0 Å². The molecule has 1 aromatic rings. The first-order chi connectivity index (χ1) is 7.86. The van der Waals surface area contributed by atoms with E-state index in [-0.39, 0.29) is 17.4 Å². The molecule has 0 saturated heterocycles. The molecule has 1 heterocycles. The molecule has 0 aliphatic rings. The normalized spacial score (nSPS) is 13.5. The smallest absolute Gasteiger partial charge is 0.255 e. The molecule has 1 aromatic heterocycles. The fourth-order valence-corrected chi connectivity index (χ4v) is 2.16. The number of hydrogen-bond donors (Lipinski definition) is 1. The Bertz CT molecular complexity index is 384. The van der Waals surface area contributed by atoms with Gasteiger partial charge in [-0.2, -0.15) is 0 Å². The van der Waals surface area contributed by atoms with E-state index in [0.29, 0.717) is 16.1 Å². The summed E-state index contributed by atoms with van der Waals surface area (Å²) in [4.78, 5) is 12.0. The molecule has 0 spiro atoms. The molecule has 0 bridgehead atoms. The van der Waals surface area contributed by atoms with Crippen LogP contribution in [0, 0.1) is 5.41 Å². The number of alkyl halides is 1. The Kier molecular flexibility index (Phi) is 5.07. The van der Waals surface area contributed by atoms with Crippen LogP contribution in [0.1, 0.15) is 37.6 Å². The zero-order valence-electron chi connectivity index (χ0n) is 10.2. The van der Waals surface area contributed by atoms with E-state index in [1.807, 2.05) is 0 Å². The topological polar surface area (TPSA) is 42.2 Å². The first-order valence-electron chi connectivity index (χ1n) is 5.46. The molecule has 96 valence electrons. The van der Waals surface area contributed by atoms with Gasteiger partial charge in [0.2, 0.25) is 0 Å². The zero-order chi connectivity index (χ0) is 13.1. The maximum absolute atomic E-state index is 12.0. The Morgan fingerprint density at radius 3 is 2.65 bits per heavy atom. The lowest BCUT2D eigenvalue weighted by Gasteiger charge is -2.31. The minimum atomic E-state index is -0.143. The minimum absolute atomic E-state index is 0.0270. The Labute approximate surface area is 115 Å². The molecule has 0 saturated carbocycles. The van der Waals surface area contributed by atoms with Crippen LogP contribution in [0.2, 0.25) is 0 Å². The van der Waals surface area contributed by atoms with Crippen molar-refractivity contribution in [1.29, 1.82) is 0 Å². The second-order valence-electron chi connectivity index (χ2n) is 4.98. The third-order valence-corrected chi connectivity index (χ3v) is 3.44. The van der Waals surface area contributed by atoms with Gasteiger partial charge in [-0.15, -0.1) is 11.6 Å². The highest BCUT2D eigenvalue weighted by molar-refractivity contribution is 9.10. The average molecular weight is 323 g/mol. The minimum Gasteiger partial charge on any atom is -0.457 e. The van der Waals surface area contributed by atoms with E-state index in [9.17, 15) is 4.79 Å². The molecule has 1 unspecified atom stereocenters. The lowest BCUT2D eigenvalue weighted by Crippen LogP contribution is -2.44. The van der Waals surface area contributed by atoms with Gasteiger partial charge in [-0.25, -0.2) is 0 Å². The Morgan fingerprint density at radius 2 is 2.24 bits per heavy atom. The quantitative estimate of drug-likeness (QED) is 0.856. The Hall–Kier alpha value is -0.480. The molecule has 0 fully saturated rings. The van der Waals surface area contributed by atoms with Crippen molar-refractivity contribution in [2.75, 3.05) is 5.88 Å². The third kappa shape index (κ3) is 4.03. The van der Waals surface area contributed by atoms with Crippen molar-refractivity contribution in [3.8, 4) is 0 Å². The van der Waals surface area contributed by atoms with E-state index in [4.69, 9.17) is 16.0 Å². The second kappa shape index (κ2) is 5.91. The molecule has 5 heteroatoms. The number of halogens is 2. The molecule has 0 aliphatic carbocycles. The molecule has 17 heavy (non-hydrogen) atoms. The van der Waals surface area contributed by atoms with Gasteiger partial charge in [-0.3, -0.25) is 4.79 Å². The lowest BCUT2D eigenvalue weighted by atomic mass is 9.85. The predicted octanol–water partition coefficient (Wildman–Crippen LogP) is 3.82. The first-order valence-corrected chi connectivity index (χ1v) is 6.79. The number of rotatable bonds is 4. The standard InChI is InChI=1S/C12H17BrClNO2/c1-12(2,3)9(4-6-14)15-11(16)8-5-7-17-10(8)13/h5,7,9H,4,6H2,1-3H3,(H,15,16). The van der Waals surface area contributed by atoms with Crippen molar-refractivity contribution in [3.05, 3.63) is 22.6 Å². The molecule has 1 atom stereocenters. The summed E-state index contributed by atoms with van der Waals surface area (Å²) in [5.41, 5.74) is 0.481. The Balaban J connectivity index is 2.75. The summed E-state index contributed by atoms with van der Waals surface area (Å²) >= 11 is 8.96. The van der Waals surface area contributed by atoms with E-state index in [1.165, 1.54) is 6.26 Å². The van der Waals surface area contributed by atoms with Crippen molar-refractivity contribution < 1.29 is 9.21 Å². The number of furan rings is 1. The van der Waals surface area contributed by atoms with Crippen molar-refractivity contribution in [2.45, 2.75) is 33.2 Å². The zero-order valence-corrected chi connectivity index (χ0v) is 12.6. The van der Waals surface area contributed by atoms with E-state index in [1.54, 1.807) is 6.07 Å². The molecular formula is C12H17BrClNO2. The van der Waals surface area contributed by atoms with Gasteiger partial charge in [0.25, 0.3) is 5.91 Å². The monoisotopic (exact) mass is 321 g/mol. The summed E-state index contributed by atoms with van der Waals surface area (Å²) < 4.78 is 5.49. The van der Waals surface area contributed by atoms with Gasteiger partial charge < -0.3 is 9.73 Å². The van der Waals surface area contributed by atoms with E-state index >= 15 is 0 Å². The molecule has 0 aliphatic heterocycles. The van der Waals surface area contributed by atoms with Crippen molar-refractivity contribution in [2.24, 2.45) is 5.41 Å². The summed E-state index contributed by atoms with van der Waals surface area (Å²) in [6, 6.07) is 1.68. The highest BCUT2D eigenvalue weighted by atomic mass is 79.9. The highest BCUT2D eigenvalue weighted by Crippen LogP contribution is 2.24. The van der Waals surface area contributed by atoms with Crippen LogP contribution in [-0.4, -0.2) is 17.8 Å². The first kappa shape index (κ1) is 14.6. The molecule has 1 rings (SSSR count). The number of hydrogen-bond acceptors (Lipinski definition) is 2. The van der Waals surface area contributed by atoms with Crippen LogP contribution in [0.15, 0.2) is 21.4 Å². The fourth-order valence-electron chi connectivity index (χ4n) is 1.52. The van der Waals surface area contributed by atoms with Crippen LogP contribution in [0.25, 0.3) is 0 Å². The van der Waals surface area contributed by atoms with Gasteiger partial charge in [0.05, 0.1) is 11.8 Å². The summed E-state index contributed by atoms with van der Waals surface area (Å²) in [6.07, 6.45) is 2.22. The van der Waals surface area contributed by atoms with Gasteiger partial charge >= 0.3 is 0 Å². The van der Waals surface area contributed by atoms with Crippen molar-refractivity contribution in [3.63, 3.8) is 0 Å². The summed E-state index contributed by atoms with van der Waals surface area (Å²) in [6.45, 7) is 6.23. The maximum Gasteiger partial charge on any atom is 0.255 e. The predicted molar refractivity (Wildman–Crippen MR) is 72.5 cm³/mol. The van der Waals surface area contributed by atoms with Crippen LogP contribution in [0.4, 0.5) is 0 Å². The van der Waals surface area contributed by atoms with Gasteiger partial charge in [-0.1, -0.05) is 20.8 Å². The average Bonchev–Trinajstić information content (AvgIpc) is 2.62. The van der Waals surface area contributed by atoms with Crippen molar-refractivity contribution in [1.82, 2.24) is 5.32 Å². The summed E-state index contributed by atoms with van der Waals surface area (Å²) in [5.74, 6) is 0.380. The molecule has 0 radical (unpaired) electrons. The number of nitrogens with one attached hydrogen (secondary N) is 1. The van der Waals surface area contributed by atoms with Crippen molar-refractivity contribution >= 4 is 33.4 Å². The molecule has 1 N–H and O–H groups in total. The van der Waals surface area contributed by atoms with Crippen LogP contribution in [-0.2, 0) is 0 Å². The van der Waals surface area contributed by atoms with E-state index < -0.39 is 0 Å².